The molecule has 0 aromatic heterocycles. The fraction of sp³-hybridized carbons (Fsp3) is 0.692. The molecule has 0 saturated heterocycles. The molecule has 0 aliphatic rings. The predicted molar refractivity (Wildman–Crippen MR) is 96.3 cm³/mol. The van der Waals surface area contributed by atoms with E-state index in [0.29, 0.717) is 0 Å². The molecular formula is C13H24I2Si. The monoisotopic (exact) mass is 462 g/mol. The van der Waals surface area contributed by atoms with Gasteiger partial charge in [-0.05, 0) is 67.2 Å². The summed E-state index contributed by atoms with van der Waals surface area (Å²) >= 11 is 5.06. The fourth-order valence-corrected chi connectivity index (χ4v) is 3.69. The van der Waals surface area contributed by atoms with Crippen LogP contribution in [-0.2, 0) is 0 Å². The first kappa shape index (κ1) is 17.2. The van der Waals surface area contributed by atoms with Gasteiger partial charge in [-0.15, -0.1) is 0 Å². The molecule has 0 aromatic carbocycles. The maximum absolute atomic E-state index is 2.60. The van der Waals surface area contributed by atoms with E-state index in [4.69, 9.17) is 0 Å². The van der Waals surface area contributed by atoms with E-state index in [2.05, 4.69) is 85.6 Å². The first-order valence-electron chi connectivity index (χ1n) is 5.94. The molecule has 0 saturated carbocycles. The lowest BCUT2D eigenvalue weighted by molar-refractivity contribution is 0.791. The quantitative estimate of drug-likeness (QED) is 0.250. The summed E-state index contributed by atoms with van der Waals surface area (Å²) < 4.78 is 3.10. The zero-order valence-electron chi connectivity index (χ0n) is 11.4. The summed E-state index contributed by atoms with van der Waals surface area (Å²) in [6.07, 6.45) is 3.85. The second kappa shape index (κ2) is 7.56. The van der Waals surface area contributed by atoms with Crippen LogP contribution in [0.3, 0.4) is 0 Å². The van der Waals surface area contributed by atoms with E-state index < -0.39 is 8.07 Å². The van der Waals surface area contributed by atoms with Gasteiger partial charge in [0.15, 0.2) is 0 Å². The van der Waals surface area contributed by atoms with Gasteiger partial charge in [0.2, 0.25) is 0 Å². The number of allylic oxidation sites excluding steroid dienone is 3. The summed E-state index contributed by atoms with van der Waals surface area (Å²) in [6.45, 7) is 14.1. The van der Waals surface area contributed by atoms with Gasteiger partial charge in [-0.1, -0.05) is 55.6 Å². The highest BCUT2D eigenvalue weighted by Gasteiger charge is 2.21. The molecule has 0 atom stereocenters. The van der Waals surface area contributed by atoms with Crippen molar-refractivity contribution in [3.05, 3.63) is 17.9 Å². The normalized spacial score (nSPS) is 15.8. The van der Waals surface area contributed by atoms with Gasteiger partial charge in [-0.2, -0.15) is 0 Å². The third-order valence-corrected chi connectivity index (χ3v) is 10.6. The Labute approximate surface area is 130 Å². The number of halogens is 2. The van der Waals surface area contributed by atoms with Gasteiger partial charge in [-0.3, -0.25) is 0 Å². The second-order valence-corrected chi connectivity index (χ2v) is 14.0. The van der Waals surface area contributed by atoms with Crippen LogP contribution in [0.25, 0.3) is 0 Å². The van der Waals surface area contributed by atoms with Crippen molar-refractivity contribution in [3.8, 4) is 0 Å². The second-order valence-electron chi connectivity index (χ2n) is 5.30. The van der Waals surface area contributed by atoms with Gasteiger partial charge in [0.25, 0.3) is 0 Å². The molecule has 0 unspecified atom stereocenters. The van der Waals surface area contributed by atoms with Crippen molar-refractivity contribution in [1.82, 2.24) is 0 Å². The lowest BCUT2D eigenvalue weighted by Gasteiger charge is -2.22. The summed E-state index contributed by atoms with van der Waals surface area (Å²) in [5.41, 5.74) is 3.15. The molecule has 0 N–H and O–H groups in total. The summed E-state index contributed by atoms with van der Waals surface area (Å²) in [5.74, 6) is 0. The van der Waals surface area contributed by atoms with E-state index in [9.17, 15) is 0 Å². The zero-order valence-corrected chi connectivity index (χ0v) is 16.7. The fourth-order valence-electron chi connectivity index (χ4n) is 1.48. The highest BCUT2D eigenvalue weighted by Crippen LogP contribution is 2.34. The molecule has 0 aliphatic heterocycles. The maximum atomic E-state index is 2.60. The molecule has 0 bridgehead atoms. The topological polar surface area (TPSA) is 0 Å². The van der Waals surface area contributed by atoms with Crippen molar-refractivity contribution in [2.75, 3.05) is 0 Å². The van der Waals surface area contributed by atoms with Crippen LogP contribution < -0.4 is 0 Å². The Morgan fingerprint density at radius 2 is 1.56 bits per heavy atom. The molecular weight excluding hydrogens is 438 g/mol. The van der Waals surface area contributed by atoms with Crippen LogP contribution in [-0.4, -0.2) is 8.07 Å². The van der Waals surface area contributed by atoms with Crippen molar-refractivity contribution >= 4 is 53.3 Å². The maximum Gasteiger partial charge on any atom is 0.0858 e. The minimum absolute atomic E-state index is 1.15. The molecule has 94 valence electrons. The number of hydrogen-bond donors (Lipinski definition) is 0. The van der Waals surface area contributed by atoms with Crippen LogP contribution in [0.15, 0.2) is 17.9 Å². The van der Waals surface area contributed by atoms with E-state index in [1.807, 2.05) is 0 Å². The van der Waals surface area contributed by atoms with E-state index in [0.717, 1.165) is 0 Å². The van der Waals surface area contributed by atoms with Gasteiger partial charge in [0.1, 0.15) is 0 Å². The van der Waals surface area contributed by atoms with Gasteiger partial charge < -0.3 is 0 Å². The van der Waals surface area contributed by atoms with Crippen LogP contribution in [0.5, 0.6) is 0 Å². The van der Waals surface area contributed by atoms with Crippen LogP contribution in [0, 0.1) is 0 Å². The molecule has 3 heteroatoms. The summed E-state index contributed by atoms with van der Waals surface area (Å²) in [5, 5.41) is 0. The Bertz CT molecular complexity index is 292. The van der Waals surface area contributed by atoms with Crippen molar-refractivity contribution in [1.29, 1.82) is 0 Å². The Morgan fingerprint density at radius 3 is 1.88 bits per heavy atom. The molecule has 16 heavy (non-hydrogen) atoms. The Hall–Kier alpha value is 1.16. The largest absolute Gasteiger partial charge is 0.0858 e. The van der Waals surface area contributed by atoms with Crippen LogP contribution in [0.1, 0.15) is 40.0 Å². The van der Waals surface area contributed by atoms with E-state index in [-0.39, 0.29) is 0 Å². The minimum atomic E-state index is -1.15. The third-order valence-electron chi connectivity index (χ3n) is 2.67. The summed E-state index contributed by atoms with van der Waals surface area (Å²) in [6, 6.07) is 0. The molecule has 0 radical (unpaired) electrons. The SMILES string of the molecule is CCCCC(/C(C)=C(/C)I)=C(/I)[Si](C)(C)C. The summed E-state index contributed by atoms with van der Waals surface area (Å²) in [4.78, 5) is 0. The van der Waals surface area contributed by atoms with Crippen molar-refractivity contribution < 1.29 is 0 Å². The number of unbranched alkanes of at least 4 members (excludes halogenated alkanes) is 1. The van der Waals surface area contributed by atoms with E-state index in [1.54, 1.807) is 8.78 Å². The average molecular weight is 462 g/mol. The molecule has 0 heterocycles. The van der Waals surface area contributed by atoms with Crippen molar-refractivity contribution in [2.24, 2.45) is 0 Å². The van der Waals surface area contributed by atoms with E-state index in [1.165, 1.54) is 28.4 Å². The standard InChI is InChI=1S/C13H24I2Si/c1-7-8-9-12(10(2)11(3)14)13(15)16(4,5)6/h7-9H2,1-6H3/b11-10-,13-12+. The molecule has 0 fully saturated rings. The smallest absolute Gasteiger partial charge is 0.0654 e. The lowest BCUT2D eigenvalue weighted by Crippen LogP contribution is -2.22. The van der Waals surface area contributed by atoms with Crippen LogP contribution >= 0.6 is 45.2 Å². The van der Waals surface area contributed by atoms with Gasteiger partial charge in [0, 0.05) is 0 Å². The molecule has 0 aliphatic carbocycles. The summed E-state index contributed by atoms with van der Waals surface area (Å²) in [7, 11) is -1.15. The molecule has 0 spiro atoms. The van der Waals surface area contributed by atoms with Gasteiger partial charge in [0.05, 0.1) is 8.07 Å². The van der Waals surface area contributed by atoms with Crippen molar-refractivity contribution in [2.45, 2.75) is 59.7 Å². The van der Waals surface area contributed by atoms with Gasteiger partial charge in [-0.25, -0.2) is 0 Å². The highest BCUT2D eigenvalue weighted by atomic mass is 127. The molecule has 0 rings (SSSR count). The average Bonchev–Trinajstić information content (AvgIpc) is 2.16. The Kier molecular flexibility index (Phi) is 8.11. The number of rotatable bonds is 5. The molecule has 0 amide bonds. The first-order valence-corrected chi connectivity index (χ1v) is 11.6. The highest BCUT2D eigenvalue weighted by molar-refractivity contribution is 14.1. The van der Waals surface area contributed by atoms with Crippen molar-refractivity contribution in [3.63, 3.8) is 0 Å². The lowest BCUT2D eigenvalue weighted by atomic mass is 10.0. The Balaban J connectivity index is 5.33. The van der Waals surface area contributed by atoms with Crippen LogP contribution in [0.2, 0.25) is 19.6 Å². The first-order chi connectivity index (χ1) is 7.21. The molecule has 0 aromatic rings. The van der Waals surface area contributed by atoms with Crippen LogP contribution in [0.4, 0.5) is 0 Å². The zero-order chi connectivity index (χ0) is 12.9. The Morgan fingerprint density at radius 1 is 1.06 bits per heavy atom. The van der Waals surface area contributed by atoms with Gasteiger partial charge >= 0.3 is 0 Å². The van der Waals surface area contributed by atoms with E-state index >= 15 is 0 Å². The molecule has 0 nitrogen and oxygen atoms in total. The predicted octanol–water partition coefficient (Wildman–Crippen LogP) is 6.47. The third kappa shape index (κ3) is 5.66. The number of hydrogen-bond acceptors (Lipinski definition) is 0. The minimum Gasteiger partial charge on any atom is -0.0654 e.